The third-order valence-electron chi connectivity index (χ3n) is 4.60. The maximum absolute atomic E-state index is 12.1. The predicted molar refractivity (Wildman–Crippen MR) is 101 cm³/mol. The minimum atomic E-state index is 0. The highest BCUT2D eigenvalue weighted by Gasteiger charge is 2.19. The molecule has 1 aliphatic rings. The Morgan fingerprint density at radius 1 is 1.17 bits per heavy atom. The fraction of sp³-hybridized carbons (Fsp3) is 0.350. The van der Waals surface area contributed by atoms with Gasteiger partial charge in [-0.3, -0.25) is 4.79 Å². The van der Waals surface area contributed by atoms with Crippen molar-refractivity contribution in [3.8, 4) is 0 Å². The van der Waals surface area contributed by atoms with Crippen molar-refractivity contribution in [2.24, 2.45) is 0 Å². The SMILES string of the molecule is Cc1ccccc1CCC(=O)NCC1NCCc2ccccc21.Cl. The van der Waals surface area contributed by atoms with Crippen LogP contribution in [-0.4, -0.2) is 19.0 Å². The van der Waals surface area contributed by atoms with Crippen molar-refractivity contribution in [2.45, 2.75) is 32.2 Å². The number of halogens is 1. The molecule has 1 heterocycles. The van der Waals surface area contributed by atoms with Gasteiger partial charge in [-0.15, -0.1) is 12.4 Å². The molecule has 0 radical (unpaired) electrons. The number of carbonyl (C=O) groups is 1. The van der Waals surface area contributed by atoms with Gasteiger partial charge in [-0.05, 0) is 48.6 Å². The summed E-state index contributed by atoms with van der Waals surface area (Å²) in [7, 11) is 0. The maximum atomic E-state index is 12.1. The lowest BCUT2D eigenvalue weighted by Gasteiger charge is -2.27. The van der Waals surface area contributed by atoms with E-state index in [-0.39, 0.29) is 24.4 Å². The molecule has 2 aromatic rings. The van der Waals surface area contributed by atoms with Crippen molar-refractivity contribution < 1.29 is 4.79 Å². The lowest BCUT2D eigenvalue weighted by Crippen LogP contribution is -2.38. The molecule has 0 aromatic heterocycles. The average Bonchev–Trinajstić information content (AvgIpc) is 2.59. The van der Waals surface area contributed by atoms with Crippen LogP contribution in [0.2, 0.25) is 0 Å². The van der Waals surface area contributed by atoms with Gasteiger partial charge in [0.15, 0.2) is 0 Å². The van der Waals surface area contributed by atoms with E-state index >= 15 is 0 Å². The second kappa shape index (κ2) is 8.86. The lowest BCUT2D eigenvalue weighted by atomic mass is 9.94. The third kappa shape index (κ3) is 4.59. The van der Waals surface area contributed by atoms with Gasteiger partial charge < -0.3 is 10.6 Å². The van der Waals surface area contributed by atoms with Crippen LogP contribution < -0.4 is 10.6 Å². The Labute approximate surface area is 150 Å². The summed E-state index contributed by atoms with van der Waals surface area (Å²) in [5.41, 5.74) is 5.22. The average molecular weight is 345 g/mol. The Morgan fingerprint density at radius 2 is 1.92 bits per heavy atom. The van der Waals surface area contributed by atoms with E-state index in [2.05, 4.69) is 54.0 Å². The molecular weight excluding hydrogens is 320 g/mol. The summed E-state index contributed by atoms with van der Waals surface area (Å²) in [6.45, 7) is 3.72. The van der Waals surface area contributed by atoms with E-state index in [4.69, 9.17) is 0 Å². The van der Waals surface area contributed by atoms with Crippen LogP contribution in [0.3, 0.4) is 0 Å². The second-order valence-electron chi connectivity index (χ2n) is 6.19. The zero-order valence-corrected chi connectivity index (χ0v) is 14.9. The number of fused-ring (bicyclic) bond motifs is 1. The molecule has 1 amide bonds. The lowest BCUT2D eigenvalue weighted by molar-refractivity contribution is -0.121. The number of nitrogens with one attached hydrogen (secondary N) is 2. The van der Waals surface area contributed by atoms with Crippen LogP contribution in [0.5, 0.6) is 0 Å². The molecule has 2 aromatic carbocycles. The Hall–Kier alpha value is -1.84. The third-order valence-corrected chi connectivity index (χ3v) is 4.60. The van der Waals surface area contributed by atoms with Gasteiger partial charge in [0, 0.05) is 19.0 Å². The number of amides is 1. The molecular formula is C20H25ClN2O. The van der Waals surface area contributed by atoms with Crippen molar-refractivity contribution in [3.63, 3.8) is 0 Å². The van der Waals surface area contributed by atoms with Gasteiger partial charge in [0.25, 0.3) is 0 Å². The quantitative estimate of drug-likeness (QED) is 0.873. The summed E-state index contributed by atoms with van der Waals surface area (Å²) < 4.78 is 0. The van der Waals surface area contributed by atoms with Gasteiger partial charge in [0.1, 0.15) is 0 Å². The fourth-order valence-corrected chi connectivity index (χ4v) is 3.22. The Kier molecular flexibility index (Phi) is 6.83. The summed E-state index contributed by atoms with van der Waals surface area (Å²) in [4.78, 5) is 12.1. The fourth-order valence-electron chi connectivity index (χ4n) is 3.22. The summed E-state index contributed by atoms with van der Waals surface area (Å²) in [5.74, 6) is 0.123. The summed E-state index contributed by atoms with van der Waals surface area (Å²) in [6.07, 6.45) is 2.40. The molecule has 0 saturated carbocycles. The zero-order chi connectivity index (χ0) is 16.1. The number of benzene rings is 2. The topological polar surface area (TPSA) is 41.1 Å². The number of carbonyl (C=O) groups excluding carboxylic acids is 1. The molecule has 2 N–H and O–H groups in total. The Balaban J connectivity index is 0.00000208. The smallest absolute Gasteiger partial charge is 0.220 e. The van der Waals surface area contributed by atoms with Gasteiger partial charge in [-0.2, -0.15) is 0 Å². The van der Waals surface area contributed by atoms with Gasteiger partial charge in [-0.1, -0.05) is 48.5 Å². The van der Waals surface area contributed by atoms with Gasteiger partial charge >= 0.3 is 0 Å². The largest absolute Gasteiger partial charge is 0.354 e. The van der Waals surface area contributed by atoms with Crippen molar-refractivity contribution in [3.05, 3.63) is 70.8 Å². The van der Waals surface area contributed by atoms with E-state index in [1.807, 2.05) is 12.1 Å². The molecule has 24 heavy (non-hydrogen) atoms. The molecule has 3 rings (SSSR count). The summed E-state index contributed by atoms with van der Waals surface area (Å²) >= 11 is 0. The standard InChI is InChI=1S/C20H24N2O.ClH/c1-15-6-2-3-7-16(15)10-11-20(23)22-14-19-18-9-5-4-8-17(18)12-13-21-19;/h2-9,19,21H,10-14H2,1H3,(H,22,23);1H. The van der Waals surface area contributed by atoms with Crippen LogP contribution in [0.1, 0.15) is 34.7 Å². The van der Waals surface area contributed by atoms with Crippen molar-refractivity contribution in [1.82, 2.24) is 10.6 Å². The minimum Gasteiger partial charge on any atom is -0.354 e. The van der Waals surface area contributed by atoms with E-state index in [1.165, 1.54) is 22.3 Å². The summed E-state index contributed by atoms with van der Waals surface area (Å²) in [5, 5.41) is 6.58. The highest BCUT2D eigenvalue weighted by molar-refractivity contribution is 5.85. The zero-order valence-electron chi connectivity index (χ0n) is 14.0. The molecule has 0 bridgehead atoms. The van der Waals surface area contributed by atoms with E-state index in [0.717, 1.165) is 19.4 Å². The summed E-state index contributed by atoms with van der Waals surface area (Å²) in [6, 6.07) is 17.0. The van der Waals surface area contributed by atoms with Gasteiger partial charge in [0.05, 0.1) is 0 Å². The number of hydrogen-bond donors (Lipinski definition) is 2. The molecule has 0 saturated heterocycles. The number of aryl methyl sites for hydroxylation is 2. The molecule has 1 aliphatic heterocycles. The molecule has 1 atom stereocenters. The number of rotatable bonds is 5. The first-order valence-electron chi connectivity index (χ1n) is 8.36. The first kappa shape index (κ1) is 18.5. The van der Waals surface area contributed by atoms with E-state index in [1.54, 1.807) is 0 Å². The van der Waals surface area contributed by atoms with Gasteiger partial charge in [0.2, 0.25) is 5.91 Å². The van der Waals surface area contributed by atoms with Crippen LogP contribution >= 0.6 is 12.4 Å². The Morgan fingerprint density at radius 3 is 2.75 bits per heavy atom. The van der Waals surface area contributed by atoms with Crippen molar-refractivity contribution in [1.29, 1.82) is 0 Å². The molecule has 128 valence electrons. The maximum Gasteiger partial charge on any atom is 0.220 e. The highest BCUT2D eigenvalue weighted by atomic mass is 35.5. The highest BCUT2D eigenvalue weighted by Crippen LogP contribution is 2.21. The van der Waals surface area contributed by atoms with Crippen LogP contribution in [-0.2, 0) is 17.6 Å². The van der Waals surface area contributed by atoms with E-state index in [0.29, 0.717) is 13.0 Å². The monoisotopic (exact) mass is 344 g/mol. The normalized spacial score (nSPS) is 16.0. The van der Waals surface area contributed by atoms with E-state index in [9.17, 15) is 4.79 Å². The van der Waals surface area contributed by atoms with Crippen molar-refractivity contribution >= 4 is 18.3 Å². The first-order chi connectivity index (χ1) is 11.2. The minimum absolute atomic E-state index is 0. The molecule has 1 unspecified atom stereocenters. The van der Waals surface area contributed by atoms with Crippen LogP contribution in [0.25, 0.3) is 0 Å². The molecule has 0 aliphatic carbocycles. The van der Waals surface area contributed by atoms with Crippen LogP contribution in [0.4, 0.5) is 0 Å². The molecule has 4 heteroatoms. The second-order valence-corrected chi connectivity index (χ2v) is 6.19. The molecule has 0 fully saturated rings. The Bertz CT molecular complexity index is 687. The molecule has 0 spiro atoms. The molecule has 3 nitrogen and oxygen atoms in total. The predicted octanol–water partition coefficient (Wildman–Crippen LogP) is 3.35. The number of hydrogen-bond acceptors (Lipinski definition) is 2. The van der Waals surface area contributed by atoms with E-state index < -0.39 is 0 Å². The van der Waals surface area contributed by atoms with Crippen LogP contribution in [0.15, 0.2) is 48.5 Å². The van der Waals surface area contributed by atoms with Crippen molar-refractivity contribution in [2.75, 3.05) is 13.1 Å². The van der Waals surface area contributed by atoms with Gasteiger partial charge in [-0.25, -0.2) is 0 Å². The van der Waals surface area contributed by atoms with Crippen LogP contribution in [0, 0.1) is 6.92 Å². The first-order valence-corrected chi connectivity index (χ1v) is 8.36.